The van der Waals surface area contributed by atoms with Gasteiger partial charge >= 0.3 is 5.97 Å². The molecule has 3 rings (SSSR count). The van der Waals surface area contributed by atoms with Gasteiger partial charge in [-0.3, -0.25) is 10.00 Å². The lowest BCUT2D eigenvalue weighted by Gasteiger charge is -2.15. The number of aromatic amines is 1. The van der Waals surface area contributed by atoms with E-state index in [-0.39, 0.29) is 5.69 Å². The zero-order valence-electron chi connectivity index (χ0n) is 10.7. The summed E-state index contributed by atoms with van der Waals surface area (Å²) in [4.78, 5) is 13.2. The minimum atomic E-state index is -0.963. The molecule has 19 heavy (non-hydrogen) atoms. The van der Waals surface area contributed by atoms with Crippen LogP contribution in [0.4, 0.5) is 0 Å². The molecule has 2 heterocycles. The van der Waals surface area contributed by atoms with E-state index in [4.69, 9.17) is 5.11 Å². The third-order valence-corrected chi connectivity index (χ3v) is 3.45. The molecule has 0 spiro atoms. The number of fused-ring (bicyclic) bond motifs is 1. The lowest BCUT2D eigenvalue weighted by molar-refractivity contribution is 0.0688. The van der Waals surface area contributed by atoms with E-state index in [0.717, 1.165) is 24.3 Å². The van der Waals surface area contributed by atoms with E-state index in [9.17, 15) is 4.79 Å². The highest BCUT2D eigenvalue weighted by Gasteiger charge is 2.27. The summed E-state index contributed by atoms with van der Waals surface area (Å²) in [6.45, 7) is 4.25. The Morgan fingerprint density at radius 3 is 2.79 bits per heavy atom. The number of aromatic nitrogens is 2. The van der Waals surface area contributed by atoms with Gasteiger partial charge in [-0.15, -0.1) is 0 Å². The van der Waals surface area contributed by atoms with Gasteiger partial charge < -0.3 is 5.11 Å². The van der Waals surface area contributed by atoms with Gasteiger partial charge in [-0.2, -0.15) is 5.10 Å². The van der Waals surface area contributed by atoms with Gasteiger partial charge in [0.15, 0.2) is 5.69 Å². The summed E-state index contributed by atoms with van der Waals surface area (Å²) in [5.74, 6) is -0.963. The van der Waals surface area contributed by atoms with Crippen LogP contribution in [0.5, 0.6) is 0 Å². The molecule has 5 nitrogen and oxygen atoms in total. The standard InChI is InChI=1S/C14H15N3O2/c1-9-2-4-10(5-3-9)6-17-7-11-12(8-17)15-16-13(11)14(18)19/h2-5H,6-8H2,1H3,(H,15,16)(H,18,19). The van der Waals surface area contributed by atoms with E-state index in [1.165, 1.54) is 11.1 Å². The Morgan fingerprint density at radius 2 is 2.11 bits per heavy atom. The van der Waals surface area contributed by atoms with E-state index in [0.29, 0.717) is 6.54 Å². The van der Waals surface area contributed by atoms with Crippen LogP contribution in [-0.2, 0) is 19.6 Å². The zero-order valence-corrected chi connectivity index (χ0v) is 10.7. The largest absolute Gasteiger partial charge is 0.476 e. The first-order chi connectivity index (χ1) is 9.13. The highest BCUT2D eigenvalue weighted by molar-refractivity contribution is 5.87. The Kier molecular flexibility index (Phi) is 2.83. The summed E-state index contributed by atoms with van der Waals surface area (Å²) in [5.41, 5.74) is 4.37. The van der Waals surface area contributed by atoms with Crippen molar-refractivity contribution in [1.82, 2.24) is 15.1 Å². The predicted octanol–water partition coefficient (Wildman–Crippen LogP) is 1.93. The van der Waals surface area contributed by atoms with Gasteiger partial charge in [0.05, 0.1) is 5.69 Å². The lowest BCUT2D eigenvalue weighted by atomic mass is 10.1. The van der Waals surface area contributed by atoms with Gasteiger partial charge in [0.1, 0.15) is 0 Å². The summed E-state index contributed by atoms with van der Waals surface area (Å²) in [7, 11) is 0. The number of rotatable bonds is 3. The topological polar surface area (TPSA) is 69.2 Å². The van der Waals surface area contributed by atoms with Gasteiger partial charge in [0, 0.05) is 25.2 Å². The van der Waals surface area contributed by atoms with Gasteiger partial charge in [0.25, 0.3) is 0 Å². The molecule has 0 fully saturated rings. The Morgan fingerprint density at radius 1 is 1.37 bits per heavy atom. The minimum absolute atomic E-state index is 0.154. The molecular formula is C14H15N3O2. The number of H-pyrrole nitrogens is 1. The summed E-state index contributed by atoms with van der Waals surface area (Å²) in [6, 6.07) is 8.40. The average Bonchev–Trinajstić information content (AvgIpc) is 2.91. The Balaban J connectivity index is 1.73. The van der Waals surface area contributed by atoms with E-state index in [2.05, 4.69) is 46.3 Å². The van der Waals surface area contributed by atoms with Crippen molar-refractivity contribution in [3.05, 3.63) is 52.3 Å². The van der Waals surface area contributed by atoms with Crippen LogP contribution >= 0.6 is 0 Å². The van der Waals surface area contributed by atoms with Crippen LogP contribution in [-0.4, -0.2) is 26.2 Å². The molecule has 2 aromatic rings. The highest BCUT2D eigenvalue weighted by Crippen LogP contribution is 2.25. The van der Waals surface area contributed by atoms with Gasteiger partial charge in [-0.1, -0.05) is 29.8 Å². The fraction of sp³-hybridized carbons (Fsp3) is 0.286. The number of aromatic carboxylic acids is 1. The number of nitrogens with one attached hydrogen (secondary N) is 1. The fourth-order valence-corrected chi connectivity index (χ4v) is 2.45. The normalized spacial score (nSPS) is 14.6. The van der Waals surface area contributed by atoms with Crippen molar-refractivity contribution < 1.29 is 9.90 Å². The average molecular weight is 257 g/mol. The quantitative estimate of drug-likeness (QED) is 0.881. The van der Waals surface area contributed by atoms with Crippen LogP contribution in [0.3, 0.4) is 0 Å². The fourth-order valence-electron chi connectivity index (χ4n) is 2.45. The van der Waals surface area contributed by atoms with Crippen molar-refractivity contribution in [2.24, 2.45) is 0 Å². The molecule has 0 radical (unpaired) electrons. The minimum Gasteiger partial charge on any atom is -0.476 e. The second-order valence-electron chi connectivity index (χ2n) is 4.97. The maximum absolute atomic E-state index is 11.0. The van der Waals surface area contributed by atoms with Gasteiger partial charge in [-0.25, -0.2) is 4.79 Å². The van der Waals surface area contributed by atoms with E-state index in [1.807, 2.05) is 0 Å². The third-order valence-electron chi connectivity index (χ3n) is 3.45. The summed E-state index contributed by atoms with van der Waals surface area (Å²) in [6.07, 6.45) is 0. The molecule has 0 saturated carbocycles. The summed E-state index contributed by atoms with van der Waals surface area (Å²) >= 11 is 0. The number of carbonyl (C=O) groups is 1. The molecular weight excluding hydrogens is 242 g/mol. The number of hydrogen-bond donors (Lipinski definition) is 2. The van der Waals surface area contributed by atoms with Crippen molar-refractivity contribution in [2.75, 3.05) is 0 Å². The first-order valence-electron chi connectivity index (χ1n) is 6.21. The Bertz CT molecular complexity index is 616. The van der Waals surface area contributed by atoms with Crippen molar-refractivity contribution in [1.29, 1.82) is 0 Å². The number of carboxylic acids is 1. The Labute approximate surface area is 110 Å². The van der Waals surface area contributed by atoms with E-state index >= 15 is 0 Å². The molecule has 1 aromatic carbocycles. The van der Waals surface area contributed by atoms with Crippen molar-refractivity contribution in [3.63, 3.8) is 0 Å². The van der Waals surface area contributed by atoms with Gasteiger partial charge in [-0.05, 0) is 12.5 Å². The van der Waals surface area contributed by atoms with E-state index < -0.39 is 5.97 Å². The SMILES string of the molecule is Cc1ccc(CN2Cc3[nH]nc(C(=O)O)c3C2)cc1. The molecule has 5 heteroatoms. The number of nitrogens with zero attached hydrogens (tertiary/aromatic N) is 2. The maximum atomic E-state index is 11.0. The zero-order chi connectivity index (χ0) is 13.4. The van der Waals surface area contributed by atoms with Crippen LogP contribution in [0.25, 0.3) is 0 Å². The molecule has 0 atom stereocenters. The van der Waals surface area contributed by atoms with Crippen LogP contribution in [0.2, 0.25) is 0 Å². The molecule has 0 aliphatic carbocycles. The molecule has 1 aliphatic rings. The molecule has 1 aromatic heterocycles. The molecule has 0 amide bonds. The molecule has 0 unspecified atom stereocenters. The Hall–Kier alpha value is -2.14. The molecule has 2 N–H and O–H groups in total. The number of hydrogen-bond acceptors (Lipinski definition) is 3. The molecule has 0 saturated heterocycles. The second-order valence-corrected chi connectivity index (χ2v) is 4.97. The van der Waals surface area contributed by atoms with Crippen molar-refractivity contribution in [3.8, 4) is 0 Å². The highest BCUT2D eigenvalue weighted by atomic mass is 16.4. The maximum Gasteiger partial charge on any atom is 0.356 e. The van der Waals surface area contributed by atoms with Crippen LogP contribution in [0, 0.1) is 6.92 Å². The molecule has 0 bridgehead atoms. The number of benzene rings is 1. The monoisotopic (exact) mass is 257 g/mol. The first kappa shape index (κ1) is 11.9. The summed E-state index contributed by atoms with van der Waals surface area (Å²) < 4.78 is 0. The number of carboxylic acid groups (broad SMARTS) is 1. The lowest BCUT2D eigenvalue weighted by Crippen LogP contribution is -2.17. The predicted molar refractivity (Wildman–Crippen MR) is 69.7 cm³/mol. The van der Waals surface area contributed by atoms with Gasteiger partial charge in [0.2, 0.25) is 0 Å². The van der Waals surface area contributed by atoms with Crippen molar-refractivity contribution in [2.45, 2.75) is 26.6 Å². The van der Waals surface area contributed by atoms with E-state index in [1.54, 1.807) is 0 Å². The molecule has 1 aliphatic heterocycles. The van der Waals surface area contributed by atoms with Crippen LogP contribution < -0.4 is 0 Å². The third kappa shape index (κ3) is 2.24. The van der Waals surface area contributed by atoms with Crippen LogP contribution in [0.15, 0.2) is 24.3 Å². The second kappa shape index (κ2) is 4.51. The number of aryl methyl sites for hydroxylation is 1. The smallest absolute Gasteiger partial charge is 0.356 e. The molecule has 98 valence electrons. The summed E-state index contributed by atoms with van der Waals surface area (Å²) in [5, 5.41) is 15.7. The first-order valence-corrected chi connectivity index (χ1v) is 6.21. The van der Waals surface area contributed by atoms with Crippen molar-refractivity contribution >= 4 is 5.97 Å². The van der Waals surface area contributed by atoms with Crippen LogP contribution in [0.1, 0.15) is 32.9 Å².